The summed E-state index contributed by atoms with van der Waals surface area (Å²) in [5.74, 6) is -2.84. The van der Waals surface area contributed by atoms with Gasteiger partial charge >= 0.3 is 5.97 Å². The lowest BCUT2D eigenvalue weighted by Gasteiger charge is -2.15. The number of pyridine rings is 1. The summed E-state index contributed by atoms with van der Waals surface area (Å²) in [6, 6.07) is 0.896. The van der Waals surface area contributed by atoms with Gasteiger partial charge in [-0.15, -0.1) is 0 Å². The minimum Gasteiger partial charge on any atom is -0.504 e. The fourth-order valence-corrected chi connectivity index (χ4v) is 2.40. The summed E-state index contributed by atoms with van der Waals surface area (Å²) in [5, 5.41) is 19.3. The highest BCUT2D eigenvalue weighted by atomic mass is 19.1. The quantitative estimate of drug-likeness (QED) is 0.662. The number of hydrogen-bond acceptors (Lipinski definition) is 5. The largest absolute Gasteiger partial charge is 0.504 e. The molecule has 0 fully saturated rings. The number of rotatable bonds is 3. The van der Waals surface area contributed by atoms with Crippen LogP contribution in [0.15, 0.2) is 35.8 Å². The second kappa shape index (κ2) is 5.13. The normalized spacial score (nSPS) is 10.9. The Kier molecular flexibility index (Phi) is 3.25. The van der Waals surface area contributed by atoms with Crippen LogP contribution in [-0.2, 0) is 0 Å². The molecular formula is C14H11FN4O4. The van der Waals surface area contributed by atoms with Crippen molar-refractivity contribution in [2.45, 2.75) is 0 Å². The van der Waals surface area contributed by atoms with Gasteiger partial charge in [-0.05, 0) is 6.07 Å². The Labute approximate surface area is 128 Å². The average molecular weight is 318 g/mol. The maximum atomic E-state index is 14.4. The van der Waals surface area contributed by atoms with Crippen molar-refractivity contribution in [2.24, 2.45) is 0 Å². The molecule has 0 bridgehead atoms. The molecule has 23 heavy (non-hydrogen) atoms. The number of phenolic OH excluding ortho intramolecular Hbond substituents is 1. The molecule has 0 aliphatic heterocycles. The zero-order valence-electron chi connectivity index (χ0n) is 11.8. The highest BCUT2D eigenvalue weighted by Crippen LogP contribution is 2.32. The van der Waals surface area contributed by atoms with E-state index in [1.807, 2.05) is 0 Å². The van der Waals surface area contributed by atoms with Crippen LogP contribution in [0.4, 0.5) is 4.39 Å². The summed E-state index contributed by atoms with van der Waals surface area (Å²) in [5.41, 5.74) is 0.980. The highest BCUT2D eigenvalue weighted by Gasteiger charge is 2.22. The Balaban J connectivity index is 2.50. The zero-order valence-corrected chi connectivity index (χ0v) is 11.8. The van der Waals surface area contributed by atoms with Crippen LogP contribution in [0.1, 0.15) is 10.4 Å². The van der Waals surface area contributed by atoms with Crippen LogP contribution >= 0.6 is 0 Å². The minimum absolute atomic E-state index is 0.0346. The number of halogens is 1. The standard InChI is InChI=1S/C14H11FN4O4/c1-16-19-5-8(14(22)23)12(20)7-4-9(15)11(13(21)10(7)19)18-3-2-17-6-18/h2-6,16,21H,1H3,(H,22,23). The van der Waals surface area contributed by atoms with Crippen molar-refractivity contribution in [1.82, 2.24) is 14.2 Å². The first-order valence-electron chi connectivity index (χ1n) is 6.46. The summed E-state index contributed by atoms with van der Waals surface area (Å²) in [6.07, 6.45) is 5.15. The number of nitrogens with one attached hydrogen (secondary N) is 1. The summed E-state index contributed by atoms with van der Waals surface area (Å²) in [7, 11) is 1.47. The molecule has 0 aliphatic rings. The number of aromatic hydroxyl groups is 1. The van der Waals surface area contributed by atoms with Crippen LogP contribution in [0.2, 0.25) is 0 Å². The molecule has 2 aromatic heterocycles. The Hall–Kier alpha value is -3.36. The second-order valence-electron chi connectivity index (χ2n) is 4.69. The Morgan fingerprint density at radius 1 is 1.43 bits per heavy atom. The lowest BCUT2D eigenvalue weighted by Crippen LogP contribution is -2.22. The molecule has 1 aromatic carbocycles. The van der Waals surface area contributed by atoms with Crippen molar-refractivity contribution < 1.29 is 19.4 Å². The van der Waals surface area contributed by atoms with Gasteiger partial charge in [-0.1, -0.05) is 0 Å². The van der Waals surface area contributed by atoms with Crippen LogP contribution in [-0.4, -0.2) is 37.5 Å². The SMILES string of the molecule is CNn1cc(C(=O)O)c(=O)c2cc(F)c(-n3ccnc3)c(O)c21. The van der Waals surface area contributed by atoms with E-state index in [2.05, 4.69) is 10.4 Å². The molecule has 0 amide bonds. The van der Waals surface area contributed by atoms with E-state index in [-0.39, 0.29) is 16.6 Å². The van der Waals surface area contributed by atoms with Gasteiger partial charge in [0.25, 0.3) is 0 Å². The molecule has 3 rings (SSSR count). The fraction of sp³-hybridized carbons (Fsp3) is 0.0714. The average Bonchev–Trinajstić information content (AvgIpc) is 3.02. The number of fused-ring (bicyclic) bond motifs is 1. The third-order valence-corrected chi connectivity index (χ3v) is 3.42. The Bertz CT molecular complexity index is 979. The Morgan fingerprint density at radius 3 is 2.74 bits per heavy atom. The van der Waals surface area contributed by atoms with Gasteiger partial charge < -0.3 is 20.2 Å². The molecular weight excluding hydrogens is 307 g/mol. The van der Waals surface area contributed by atoms with Crippen molar-refractivity contribution >= 4 is 16.9 Å². The number of nitrogens with zero attached hydrogens (tertiary/aromatic N) is 3. The summed E-state index contributed by atoms with van der Waals surface area (Å²) >= 11 is 0. The van der Waals surface area contributed by atoms with Gasteiger partial charge in [0.05, 0.1) is 11.7 Å². The number of phenols is 1. The number of aromatic carboxylic acids is 1. The maximum Gasteiger partial charge on any atom is 0.341 e. The van der Waals surface area contributed by atoms with Crippen LogP contribution < -0.4 is 10.9 Å². The molecule has 2 heterocycles. The first-order chi connectivity index (χ1) is 11.0. The number of aromatic nitrogens is 3. The molecule has 3 N–H and O–H groups in total. The van der Waals surface area contributed by atoms with Gasteiger partial charge in [0.2, 0.25) is 5.43 Å². The molecule has 0 unspecified atom stereocenters. The third-order valence-electron chi connectivity index (χ3n) is 3.42. The van der Waals surface area contributed by atoms with Gasteiger partial charge in [-0.3, -0.25) is 9.47 Å². The van der Waals surface area contributed by atoms with E-state index < -0.39 is 28.5 Å². The van der Waals surface area contributed by atoms with Crippen molar-refractivity contribution in [3.63, 3.8) is 0 Å². The van der Waals surface area contributed by atoms with Gasteiger partial charge in [-0.25, -0.2) is 14.2 Å². The number of benzene rings is 1. The van der Waals surface area contributed by atoms with E-state index in [9.17, 15) is 19.1 Å². The summed E-state index contributed by atoms with van der Waals surface area (Å²) in [6.45, 7) is 0. The molecule has 9 heteroatoms. The molecule has 0 radical (unpaired) electrons. The molecule has 0 saturated heterocycles. The molecule has 3 aromatic rings. The molecule has 0 aliphatic carbocycles. The second-order valence-corrected chi connectivity index (χ2v) is 4.69. The predicted molar refractivity (Wildman–Crippen MR) is 79.2 cm³/mol. The number of carbonyl (C=O) groups is 1. The maximum absolute atomic E-state index is 14.4. The highest BCUT2D eigenvalue weighted by molar-refractivity contribution is 5.95. The van der Waals surface area contributed by atoms with E-state index in [0.29, 0.717) is 0 Å². The minimum atomic E-state index is -1.44. The topological polar surface area (TPSA) is 109 Å². The fourth-order valence-electron chi connectivity index (χ4n) is 2.40. The molecule has 0 saturated carbocycles. The monoisotopic (exact) mass is 318 g/mol. The zero-order chi connectivity index (χ0) is 16.7. The molecule has 0 atom stereocenters. The van der Waals surface area contributed by atoms with E-state index in [1.54, 1.807) is 0 Å². The van der Waals surface area contributed by atoms with Crippen molar-refractivity contribution in [3.8, 4) is 11.4 Å². The number of imidazole rings is 1. The first kappa shape index (κ1) is 14.6. The van der Waals surface area contributed by atoms with Crippen molar-refractivity contribution in [1.29, 1.82) is 0 Å². The van der Waals surface area contributed by atoms with Crippen molar-refractivity contribution in [2.75, 3.05) is 12.5 Å². The van der Waals surface area contributed by atoms with Gasteiger partial charge in [-0.2, -0.15) is 0 Å². The predicted octanol–water partition coefficient (Wildman–Crippen LogP) is 0.903. The van der Waals surface area contributed by atoms with E-state index >= 15 is 0 Å². The molecule has 0 spiro atoms. The van der Waals surface area contributed by atoms with Crippen LogP contribution in [0.25, 0.3) is 16.6 Å². The third kappa shape index (κ3) is 2.09. The first-order valence-corrected chi connectivity index (χ1v) is 6.46. The molecule has 8 nitrogen and oxygen atoms in total. The van der Waals surface area contributed by atoms with Crippen LogP contribution in [0.3, 0.4) is 0 Å². The number of carboxylic acid groups (broad SMARTS) is 1. The van der Waals surface area contributed by atoms with E-state index in [1.165, 1.54) is 30.3 Å². The summed E-state index contributed by atoms with van der Waals surface area (Å²) < 4.78 is 16.8. The van der Waals surface area contributed by atoms with Crippen LogP contribution in [0, 0.1) is 5.82 Å². The molecule has 118 valence electrons. The van der Waals surface area contributed by atoms with Gasteiger partial charge in [0, 0.05) is 25.6 Å². The lowest BCUT2D eigenvalue weighted by molar-refractivity contribution is 0.0695. The van der Waals surface area contributed by atoms with E-state index in [4.69, 9.17) is 5.11 Å². The van der Waals surface area contributed by atoms with Gasteiger partial charge in [0.15, 0.2) is 11.6 Å². The van der Waals surface area contributed by atoms with Crippen LogP contribution in [0.5, 0.6) is 5.75 Å². The van der Waals surface area contributed by atoms with Gasteiger partial charge in [0.1, 0.15) is 16.8 Å². The Morgan fingerprint density at radius 2 is 2.17 bits per heavy atom. The number of hydrogen-bond donors (Lipinski definition) is 3. The number of carboxylic acids is 1. The lowest BCUT2D eigenvalue weighted by atomic mass is 10.1. The van der Waals surface area contributed by atoms with Crippen molar-refractivity contribution in [3.05, 3.63) is 52.6 Å². The smallest absolute Gasteiger partial charge is 0.341 e. The summed E-state index contributed by atoms with van der Waals surface area (Å²) in [4.78, 5) is 27.2. The van der Waals surface area contributed by atoms with E-state index in [0.717, 1.165) is 16.9 Å².